The number of hydrogen-bond acceptors (Lipinski definition) is 4. The van der Waals surface area contributed by atoms with Gasteiger partial charge in [0, 0.05) is 37.7 Å². The molecule has 0 aliphatic carbocycles. The van der Waals surface area contributed by atoms with E-state index in [1.165, 1.54) is 6.42 Å². The lowest BCUT2D eigenvalue weighted by molar-refractivity contribution is -0.192. The number of carbonyl (C=O) groups is 2. The maximum atomic E-state index is 12.8. The third-order valence-corrected chi connectivity index (χ3v) is 6.01. The predicted octanol–water partition coefficient (Wildman–Crippen LogP) is 2.98. The number of amides is 1. The molecular weight excluding hydrogens is 415 g/mol. The molecule has 1 spiro atoms. The minimum Gasteiger partial charge on any atom is -0.475 e. The molecule has 2 aliphatic rings. The Balaban J connectivity index is 0.000000339. The number of carboxylic acids is 1. The van der Waals surface area contributed by atoms with Gasteiger partial charge >= 0.3 is 12.1 Å². The van der Waals surface area contributed by atoms with E-state index in [1.807, 2.05) is 35.2 Å². The van der Waals surface area contributed by atoms with Crippen LogP contribution in [0.3, 0.4) is 0 Å². The number of carboxylic acid groups (broad SMARTS) is 1. The molecule has 3 heterocycles. The lowest BCUT2D eigenvalue weighted by Crippen LogP contribution is -2.72. The Bertz CT molecular complexity index is 904. The number of halogens is 3. The second-order valence-corrected chi connectivity index (χ2v) is 8.19. The highest BCUT2D eigenvalue weighted by Crippen LogP contribution is 2.39. The van der Waals surface area contributed by atoms with Crippen LogP contribution in [0.2, 0.25) is 0 Å². The SMILES string of the molecule is COCC1CCN(C)C2(C1)CN(C(=O)c1cc3ccccc3[nH]1)C2.O=C(O)C(F)(F)F. The van der Waals surface area contributed by atoms with Crippen LogP contribution in [0.1, 0.15) is 23.3 Å². The van der Waals surface area contributed by atoms with E-state index in [2.05, 4.69) is 16.9 Å². The molecule has 2 saturated heterocycles. The summed E-state index contributed by atoms with van der Waals surface area (Å²) in [6.07, 6.45) is -2.78. The number of ether oxygens (including phenoxy) is 1. The van der Waals surface area contributed by atoms with Crippen molar-refractivity contribution < 1.29 is 32.6 Å². The summed E-state index contributed by atoms with van der Waals surface area (Å²) in [6, 6.07) is 9.98. The van der Waals surface area contributed by atoms with Gasteiger partial charge in [-0.3, -0.25) is 9.69 Å². The van der Waals surface area contributed by atoms with Crippen molar-refractivity contribution in [3.63, 3.8) is 0 Å². The number of methoxy groups -OCH3 is 1. The maximum Gasteiger partial charge on any atom is 0.490 e. The monoisotopic (exact) mass is 441 g/mol. The van der Waals surface area contributed by atoms with Gasteiger partial charge in [0.2, 0.25) is 0 Å². The first-order chi connectivity index (χ1) is 14.6. The van der Waals surface area contributed by atoms with E-state index < -0.39 is 12.1 Å². The lowest BCUT2D eigenvalue weighted by Gasteiger charge is -2.58. The first-order valence-electron chi connectivity index (χ1n) is 9.93. The predicted molar refractivity (Wildman–Crippen MR) is 108 cm³/mol. The molecule has 2 fully saturated rings. The van der Waals surface area contributed by atoms with Crippen LogP contribution in [-0.4, -0.2) is 83.9 Å². The molecule has 10 heteroatoms. The molecule has 0 saturated carbocycles. The van der Waals surface area contributed by atoms with Crippen LogP contribution in [0.4, 0.5) is 13.2 Å². The third-order valence-electron chi connectivity index (χ3n) is 6.01. The normalized spacial score (nSPS) is 20.8. The molecular formula is C21H26F3N3O4. The van der Waals surface area contributed by atoms with E-state index in [4.69, 9.17) is 14.6 Å². The van der Waals surface area contributed by atoms with Gasteiger partial charge in [-0.2, -0.15) is 13.2 Å². The van der Waals surface area contributed by atoms with Gasteiger partial charge in [-0.15, -0.1) is 0 Å². The Morgan fingerprint density at radius 2 is 1.94 bits per heavy atom. The van der Waals surface area contributed by atoms with Crippen LogP contribution >= 0.6 is 0 Å². The largest absolute Gasteiger partial charge is 0.490 e. The smallest absolute Gasteiger partial charge is 0.475 e. The van der Waals surface area contributed by atoms with Crippen LogP contribution in [0.25, 0.3) is 10.9 Å². The Labute approximate surface area is 177 Å². The van der Waals surface area contributed by atoms with Crippen molar-refractivity contribution in [3.05, 3.63) is 36.0 Å². The van der Waals surface area contributed by atoms with Gasteiger partial charge in [0.15, 0.2) is 0 Å². The standard InChI is InChI=1S/C19H25N3O2.C2HF3O2/c1-21-8-7-14(11-24-2)10-19(21)12-22(13-19)18(23)17-9-15-5-3-4-6-16(15)20-17;3-2(4,5)1(6)7/h3-6,9,14,20H,7-8,10-13H2,1-2H3;(H,6,7). The quantitative estimate of drug-likeness (QED) is 0.765. The zero-order valence-electron chi connectivity index (χ0n) is 17.4. The number of para-hydroxylation sites is 1. The van der Waals surface area contributed by atoms with Crippen molar-refractivity contribution in [1.29, 1.82) is 0 Å². The van der Waals surface area contributed by atoms with E-state index in [0.29, 0.717) is 11.6 Å². The number of nitrogens with zero attached hydrogens (tertiary/aromatic N) is 2. The van der Waals surface area contributed by atoms with Crippen LogP contribution in [0, 0.1) is 5.92 Å². The summed E-state index contributed by atoms with van der Waals surface area (Å²) in [4.78, 5) is 29.3. The molecule has 4 rings (SSSR count). The number of alkyl halides is 3. The van der Waals surface area contributed by atoms with Gasteiger partial charge in [-0.25, -0.2) is 4.79 Å². The number of likely N-dealkylation sites (N-methyl/N-ethyl adjacent to an activating group) is 1. The fourth-order valence-corrected chi connectivity index (χ4v) is 4.32. The van der Waals surface area contributed by atoms with Crippen molar-refractivity contribution >= 4 is 22.8 Å². The second kappa shape index (κ2) is 8.88. The Morgan fingerprint density at radius 1 is 1.29 bits per heavy atom. The number of benzene rings is 1. The summed E-state index contributed by atoms with van der Waals surface area (Å²) >= 11 is 0. The highest BCUT2D eigenvalue weighted by atomic mass is 19.4. The molecule has 0 radical (unpaired) electrons. The van der Waals surface area contributed by atoms with Crippen molar-refractivity contribution in [3.8, 4) is 0 Å². The van der Waals surface area contributed by atoms with Crippen LogP contribution in [-0.2, 0) is 9.53 Å². The molecule has 1 unspecified atom stereocenters. The molecule has 0 bridgehead atoms. The van der Waals surface area contributed by atoms with Gasteiger partial charge in [-0.1, -0.05) is 18.2 Å². The van der Waals surface area contributed by atoms with Gasteiger partial charge in [0.05, 0.1) is 5.54 Å². The average Bonchev–Trinajstić information content (AvgIpc) is 3.11. The fraction of sp³-hybridized carbons (Fsp3) is 0.524. The average molecular weight is 441 g/mol. The van der Waals surface area contributed by atoms with Crippen molar-refractivity contribution in [2.24, 2.45) is 5.92 Å². The summed E-state index contributed by atoms with van der Waals surface area (Å²) in [6.45, 7) is 3.55. The first kappa shape index (κ1) is 23.1. The molecule has 1 atom stereocenters. The number of aromatic nitrogens is 1. The van der Waals surface area contributed by atoms with Crippen molar-refractivity contribution in [2.75, 3.05) is 40.4 Å². The van der Waals surface area contributed by atoms with Gasteiger partial charge in [0.25, 0.3) is 5.91 Å². The number of hydrogen-bond donors (Lipinski definition) is 2. The molecule has 2 aromatic rings. The number of aromatic amines is 1. The zero-order valence-corrected chi connectivity index (χ0v) is 17.4. The highest BCUT2D eigenvalue weighted by molar-refractivity contribution is 5.98. The number of carbonyl (C=O) groups excluding carboxylic acids is 1. The fourth-order valence-electron chi connectivity index (χ4n) is 4.32. The van der Waals surface area contributed by atoms with Gasteiger partial charge in [0.1, 0.15) is 5.69 Å². The number of fused-ring (bicyclic) bond motifs is 1. The maximum absolute atomic E-state index is 12.8. The Morgan fingerprint density at radius 3 is 2.52 bits per heavy atom. The Kier molecular flexibility index (Phi) is 6.61. The molecule has 2 aliphatic heterocycles. The van der Waals surface area contributed by atoms with Gasteiger partial charge in [-0.05, 0) is 44.5 Å². The van der Waals surface area contributed by atoms with E-state index in [-0.39, 0.29) is 11.4 Å². The topological polar surface area (TPSA) is 85.9 Å². The molecule has 170 valence electrons. The number of likely N-dealkylation sites (tertiary alicyclic amines) is 2. The lowest BCUT2D eigenvalue weighted by atomic mass is 9.75. The van der Waals surface area contributed by atoms with Crippen LogP contribution in [0.5, 0.6) is 0 Å². The molecule has 1 aromatic carbocycles. The van der Waals surface area contributed by atoms with Crippen molar-refractivity contribution in [2.45, 2.75) is 24.6 Å². The molecule has 1 amide bonds. The summed E-state index contributed by atoms with van der Waals surface area (Å²) in [5.41, 5.74) is 1.85. The zero-order chi connectivity index (χ0) is 22.8. The number of H-pyrrole nitrogens is 1. The molecule has 2 N–H and O–H groups in total. The minimum atomic E-state index is -5.08. The molecule has 31 heavy (non-hydrogen) atoms. The van der Waals surface area contributed by atoms with Crippen LogP contribution in [0.15, 0.2) is 30.3 Å². The van der Waals surface area contributed by atoms with E-state index in [0.717, 1.165) is 43.6 Å². The molecule has 7 nitrogen and oxygen atoms in total. The summed E-state index contributed by atoms with van der Waals surface area (Å²) in [5.74, 6) is -2.04. The summed E-state index contributed by atoms with van der Waals surface area (Å²) in [7, 11) is 3.96. The van der Waals surface area contributed by atoms with Crippen LogP contribution < -0.4 is 0 Å². The number of nitrogens with one attached hydrogen (secondary N) is 1. The van der Waals surface area contributed by atoms with E-state index >= 15 is 0 Å². The number of rotatable bonds is 3. The number of piperidine rings is 1. The van der Waals surface area contributed by atoms with Gasteiger partial charge < -0.3 is 19.7 Å². The Hall–Kier alpha value is -2.59. The number of aliphatic carboxylic acids is 1. The second-order valence-electron chi connectivity index (χ2n) is 8.19. The highest BCUT2D eigenvalue weighted by Gasteiger charge is 2.51. The van der Waals surface area contributed by atoms with E-state index in [9.17, 15) is 18.0 Å². The minimum absolute atomic E-state index is 0.110. The summed E-state index contributed by atoms with van der Waals surface area (Å²) < 4.78 is 37.1. The summed E-state index contributed by atoms with van der Waals surface area (Å²) in [5, 5.41) is 8.21. The molecule has 1 aromatic heterocycles. The first-order valence-corrected chi connectivity index (χ1v) is 9.93. The third kappa shape index (κ3) is 5.01. The van der Waals surface area contributed by atoms with Crippen molar-refractivity contribution in [1.82, 2.24) is 14.8 Å². The van der Waals surface area contributed by atoms with E-state index in [1.54, 1.807) is 7.11 Å².